The van der Waals surface area contributed by atoms with Gasteiger partial charge in [0, 0.05) is 6.54 Å². The number of aryl methyl sites for hydroxylation is 1. The van der Waals surface area contributed by atoms with Gasteiger partial charge in [-0.1, -0.05) is 12.1 Å². The Bertz CT molecular complexity index is 410. The summed E-state index contributed by atoms with van der Waals surface area (Å²) in [5.74, 6) is 0.813. The van der Waals surface area contributed by atoms with Gasteiger partial charge < -0.3 is 15.4 Å². The summed E-state index contributed by atoms with van der Waals surface area (Å²) < 4.78 is 17.1. The number of hydrogen-bond donors (Lipinski definition) is 2. The molecule has 1 aromatic carbocycles. The Hall–Kier alpha value is -1.78. The molecule has 0 fully saturated rings. The predicted molar refractivity (Wildman–Crippen MR) is 68.7 cm³/mol. The lowest BCUT2D eigenvalue weighted by molar-refractivity contribution is 0.237. The molecule has 18 heavy (non-hydrogen) atoms. The molecule has 5 heteroatoms. The van der Waals surface area contributed by atoms with Gasteiger partial charge in [-0.3, -0.25) is 0 Å². The van der Waals surface area contributed by atoms with Crippen LogP contribution in [0.4, 0.5) is 9.18 Å². The minimum atomic E-state index is -0.566. The van der Waals surface area contributed by atoms with Gasteiger partial charge in [0.15, 0.2) is 0 Å². The first-order valence-corrected chi connectivity index (χ1v) is 5.83. The van der Waals surface area contributed by atoms with Gasteiger partial charge in [-0.2, -0.15) is 0 Å². The molecule has 1 atom stereocenters. The summed E-state index contributed by atoms with van der Waals surface area (Å²) >= 11 is 0. The number of amides is 2. The highest BCUT2D eigenvalue weighted by molar-refractivity contribution is 5.74. The molecule has 1 aromatic rings. The Morgan fingerprint density at radius 3 is 2.78 bits per heavy atom. The van der Waals surface area contributed by atoms with Crippen LogP contribution in [0.2, 0.25) is 0 Å². The Labute approximate surface area is 107 Å². The van der Waals surface area contributed by atoms with Crippen molar-refractivity contribution in [2.75, 3.05) is 20.3 Å². The van der Waals surface area contributed by atoms with E-state index in [4.69, 9.17) is 4.74 Å². The van der Waals surface area contributed by atoms with Crippen molar-refractivity contribution in [1.29, 1.82) is 0 Å². The maximum atomic E-state index is 11.9. The molecule has 0 bridgehead atoms. The number of ether oxygens (including phenoxy) is 1. The Balaban J connectivity index is 2.63. The summed E-state index contributed by atoms with van der Waals surface area (Å²) in [7, 11) is 1.62. The standard InChI is InChI=1S/C13H19FN2O2/c1-9-8-11(4-5-12(9)18-3)10(2)16-13(17)15-7-6-14/h4-5,8,10H,6-7H2,1-3H3,(H2,15,16,17). The third kappa shape index (κ3) is 3.91. The van der Waals surface area contributed by atoms with E-state index in [2.05, 4.69) is 10.6 Å². The van der Waals surface area contributed by atoms with Crippen molar-refractivity contribution >= 4 is 6.03 Å². The molecular weight excluding hydrogens is 235 g/mol. The van der Waals surface area contributed by atoms with E-state index in [0.717, 1.165) is 16.9 Å². The third-order valence-electron chi connectivity index (χ3n) is 2.65. The van der Waals surface area contributed by atoms with Crippen LogP contribution >= 0.6 is 0 Å². The molecule has 100 valence electrons. The van der Waals surface area contributed by atoms with E-state index in [1.54, 1.807) is 7.11 Å². The maximum absolute atomic E-state index is 11.9. The first-order valence-electron chi connectivity index (χ1n) is 5.83. The van der Waals surface area contributed by atoms with Crippen molar-refractivity contribution in [3.05, 3.63) is 29.3 Å². The van der Waals surface area contributed by atoms with Crippen molar-refractivity contribution in [2.24, 2.45) is 0 Å². The van der Waals surface area contributed by atoms with E-state index in [0.29, 0.717) is 0 Å². The SMILES string of the molecule is COc1ccc(C(C)NC(=O)NCCF)cc1C. The zero-order valence-electron chi connectivity index (χ0n) is 10.9. The van der Waals surface area contributed by atoms with Crippen molar-refractivity contribution in [1.82, 2.24) is 10.6 Å². The number of urea groups is 1. The van der Waals surface area contributed by atoms with Crippen LogP contribution in [0.5, 0.6) is 5.75 Å². The largest absolute Gasteiger partial charge is 0.496 e. The molecule has 0 spiro atoms. The van der Waals surface area contributed by atoms with Gasteiger partial charge in [0.25, 0.3) is 0 Å². The summed E-state index contributed by atoms with van der Waals surface area (Å²) in [6, 6.07) is 5.20. The lowest BCUT2D eigenvalue weighted by Gasteiger charge is -2.16. The molecule has 0 saturated carbocycles. The van der Waals surface area contributed by atoms with Crippen LogP contribution in [-0.4, -0.2) is 26.4 Å². The lowest BCUT2D eigenvalue weighted by Crippen LogP contribution is -2.38. The van der Waals surface area contributed by atoms with Crippen LogP contribution in [0, 0.1) is 6.92 Å². The van der Waals surface area contributed by atoms with Crippen LogP contribution in [0.1, 0.15) is 24.1 Å². The predicted octanol–water partition coefficient (Wildman–Crippen LogP) is 2.33. The fourth-order valence-corrected chi connectivity index (χ4v) is 1.66. The molecule has 0 radical (unpaired) electrons. The highest BCUT2D eigenvalue weighted by Crippen LogP contribution is 2.22. The maximum Gasteiger partial charge on any atom is 0.315 e. The Morgan fingerprint density at radius 2 is 2.22 bits per heavy atom. The van der Waals surface area contributed by atoms with Gasteiger partial charge in [0.2, 0.25) is 0 Å². The lowest BCUT2D eigenvalue weighted by atomic mass is 10.1. The molecule has 0 aliphatic heterocycles. The van der Waals surface area contributed by atoms with Gasteiger partial charge in [0.1, 0.15) is 12.4 Å². The second kappa shape index (κ2) is 6.83. The van der Waals surface area contributed by atoms with E-state index < -0.39 is 6.67 Å². The zero-order valence-corrected chi connectivity index (χ0v) is 10.9. The van der Waals surface area contributed by atoms with E-state index in [-0.39, 0.29) is 18.6 Å². The van der Waals surface area contributed by atoms with Gasteiger partial charge in [-0.25, -0.2) is 9.18 Å². The molecule has 4 nitrogen and oxygen atoms in total. The van der Waals surface area contributed by atoms with Crippen molar-refractivity contribution in [3.8, 4) is 5.75 Å². The molecule has 0 aliphatic carbocycles. The van der Waals surface area contributed by atoms with Gasteiger partial charge in [0.05, 0.1) is 13.2 Å². The number of carbonyl (C=O) groups excluding carboxylic acids is 1. The first kappa shape index (κ1) is 14.3. The molecule has 0 aromatic heterocycles. The van der Waals surface area contributed by atoms with Crippen molar-refractivity contribution < 1.29 is 13.9 Å². The zero-order chi connectivity index (χ0) is 13.5. The number of methoxy groups -OCH3 is 1. The van der Waals surface area contributed by atoms with Crippen LogP contribution in [0.25, 0.3) is 0 Å². The van der Waals surface area contributed by atoms with Crippen molar-refractivity contribution in [2.45, 2.75) is 19.9 Å². The summed E-state index contributed by atoms with van der Waals surface area (Å²) in [5, 5.41) is 5.16. The monoisotopic (exact) mass is 254 g/mol. The second-order valence-electron chi connectivity index (χ2n) is 4.04. The minimum Gasteiger partial charge on any atom is -0.496 e. The van der Waals surface area contributed by atoms with Crippen LogP contribution in [0.15, 0.2) is 18.2 Å². The van der Waals surface area contributed by atoms with Gasteiger partial charge in [-0.15, -0.1) is 0 Å². The number of alkyl halides is 1. The topological polar surface area (TPSA) is 50.4 Å². The minimum absolute atomic E-state index is 0.0280. The Morgan fingerprint density at radius 1 is 1.50 bits per heavy atom. The third-order valence-corrected chi connectivity index (χ3v) is 2.65. The number of nitrogens with one attached hydrogen (secondary N) is 2. The molecule has 1 unspecified atom stereocenters. The molecule has 2 N–H and O–H groups in total. The molecule has 0 aliphatic rings. The summed E-state index contributed by atoms with van der Waals surface area (Å²) in [6.45, 7) is 3.28. The van der Waals surface area contributed by atoms with Gasteiger partial charge >= 0.3 is 6.03 Å². The smallest absolute Gasteiger partial charge is 0.315 e. The molecule has 2 amide bonds. The average Bonchev–Trinajstić information content (AvgIpc) is 2.36. The number of benzene rings is 1. The highest BCUT2D eigenvalue weighted by Gasteiger charge is 2.10. The van der Waals surface area contributed by atoms with E-state index >= 15 is 0 Å². The number of hydrogen-bond acceptors (Lipinski definition) is 2. The van der Waals surface area contributed by atoms with E-state index in [9.17, 15) is 9.18 Å². The summed E-state index contributed by atoms with van der Waals surface area (Å²) in [6.07, 6.45) is 0. The molecule has 0 heterocycles. The molecular formula is C13H19FN2O2. The quantitative estimate of drug-likeness (QED) is 0.847. The van der Waals surface area contributed by atoms with E-state index in [1.165, 1.54) is 0 Å². The van der Waals surface area contributed by atoms with Crippen LogP contribution < -0.4 is 15.4 Å². The van der Waals surface area contributed by atoms with Crippen LogP contribution in [0.3, 0.4) is 0 Å². The van der Waals surface area contributed by atoms with Gasteiger partial charge in [-0.05, 0) is 31.0 Å². The normalized spacial score (nSPS) is 11.8. The highest BCUT2D eigenvalue weighted by atomic mass is 19.1. The summed E-state index contributed by atoms with van der Waals surface area (Å²) in [4.78, 5) is 11.4. The average molecular weight is 254 g/mol. The first-order chi connectivity index (χ1) is 8.58. The molecule has 1 rings (SSSR count). The van der Waals surface area contributed by atoms with E-state index in [1.807, 2.05) is 32.0 Å². The fourth-order valence-electron chi connectivity index (χ4n) is 1.66. The summed E-state index contributed by atoms with van der Waals surface area (Å²) in [5.41, 5.74) is 1.98. The number of carbonyl (C=O) groups is 1. The van der Waals surface area contributed by atoms with Crippen LogP contribution in [-0.2, 0) is 0 Å². The Kier molecular flexibility index (Phi) is 5.42. The molecule has 0 saturated heterocycles. The number of rotatable bonds is 5. The number of halogens is 1. The second-order valence-corrected chi connectivity index (χ2v) is 4.04. The fraction of sp³-hybridized carbons (Fsp3) is 0.462. The van der Waals surface area contributed by atoms with Crippen molar-refractivity contribution in [3.63, 3.8) is 0 Å².